The molecular weight excluding hydrogens is 172 g/mol. The van der Waals surface area contributed by atoms with Gasteiger partial charge in [0.25, 0.3) is 0 Å². The number of hydrogen-bond acceptors (Lipinski definition) is 4. The lowest BCUT2D eigenvalue weighted by Crippen LogP contribution is -2.37. The molecule has 0 aromatic rings. The molecule has 1 aliphatic heterocycles. The Morgan fingerprint density at radius 3 is 2.85 bits per heavy atom. The van der Waals surface area contributed by atoms with Crippen LogP contribution in [-0.4, -0.2) is 60.9 Å². The Balaban J connectivity index is 2.27. The Hall–Kier alpha value is -0.650. The fourth-order valence-electron chi connectivity index (χ4n) is 1.27. The van der Waals surface area contributed by atoms with E-state index in [1.54, 1.807) is 0 Å². The largest absolute Gasteiger partial charge is 0.390 e. The Bertz CT molecular complexity index is 184. The number of nitrogens with zero attached hydrogens (tertiary/aromatic N) is 2. The summed E-state index contributed by atoms with van der Waals surface area (Å²) >= 11 is 0. The lowest BCUT2D eigenvalue weighted by molar-refractivity contribution is -0.168. The van der Waals surface area contributed by atoms with Gasteiger partial charge in [0.1, 0.15) is 0 Å². The van der Waals surface area contributed by atoms with Crippen molar-refractivity contribution in [1.82, 2.24) is 9.96 Å². The average Bonchev–Trinajstić information content (AvgIpc) is 2.34. The van der Waals surface area contributed by atoms with Crippen molar-refractivity contribution in [3.8, 4) is 0 Å². The molecule has 76 valence electrons. The summed E-state index contributed by atoms with van der Waals surface area (Å²) in [6, 6.07) is 0. The van der Waals surface area contributed by atoms with Gasteiger partial charge in [-0.25, -0.2) is 5.06 Å². The summed E-state index contributed by atoms with van der Waals surface area (Å²) in [5.74, 6) is -0.0437. The molecule has 5 heteroatoms. The summed E-state index contributed by atoms with van der Waals surface area (Å²) in [7, 11) is 3.74. The Morgan fingerprint density at radius 2 is 2.38 bits per heavy atom. The minimum absolute atomic E-state index is 0.0437. The minimum atomic E-state index is -0.544. The van der Waals surface area contributed by atoms with Gasteiger partial charge in [0.05, 0.1) is 25.7 Å². The highest BCUT2D eigenvalue weighted by molar-refractivity contribution is 5.76. The van der Waals surface area contributed by atoms with Crippen molar-refractivity contribution in [3.63, 3.8) is 0 Å². The molecule has 13 heavy (non-hydrogen) atoms. The van der Waals surface area contributed by atoms with E-state index in [1.165, 1.54) is 5.06 Å². The molecule has 0 bridgehead atoms. The summed E-state index contributed by atoms with van der Waals surface area (Å²) in [5, 5.41) is 10.7. The van der Waals surface area contributed by atoms with Crippen LogP contribution in [0.5, 0.6) is 0 Å². The van der Waals surface area contributed by atoms with Crippen LogP contribution in [0.3, 0.4) is 0 Å². The third-order valence-corrected chi connectivity index (χ3v) is 1.79. The normalized spacial score (nSPS) is 20.0. The molecule has 0 aromatic carbocycles. The molecule has 1 fully saturated rings. The first-order valence-electron chi connectivity index (χ1n) is 4.35. The van der Waals surface area contributed by atoms with Gasteiger partial charge in [-0.2, -0.15) is 0 Å². The third kappa shape index (κ3) is 3.30. The van der Waals surface area contributed by atoms with Gasteiger partial charge in [-0.3, -0.25) is 9.63 Å². The van der Waals surface area contributed by atoms with E-state index in [1.807, 2.05) is 19.0 Å². The van der Waals surface area contributed by atoms with E-state index in [4.69, 9.17) is 4.84 Å². The molecule has 1 amide bonds. The molecule has 1 saturated heterocycles. The summed E-state index contributed by atoms with van der Waals surface area (Å²) < 4.78 is 0. The van der Waals surface area contributed by atoms with Crippen LogP contribution in [0, 0.1) is 0 Å². The molecule has 1 unspecified atom stereocenters. The lowest BCUT2D eigenvalue weighted by Gasteiger charge is -2.20. The van der Waals surface area contributed by atoms with E-state index < -0.39 is 6.10 Å². The number of amides is 1. The van der Waals surface area contributed by atoms with Crippen LogP contribution in [0.25, 0.3) is 0 Å². The van der Waals surface area contributed by atoms with Gasteiger partial charge in [0, 0.05) is 6.54 Å². The van der Waals surface area contributed by atoms with Gasteiger partial charge >= 0.3 is 0 Å². The number of aliphatic hydroxyl groups is 1. The number of likely N-dealkylation sites (N-methyl/N-ethyl adjacent to an activating group) is 1. The van der Waals surface area contributed by atoms with E-state index in [-0.39, 0.29) is 12.5 Å². The molecule has 1 N–H and O–H groups in total. The number of hydrogen-bond donors (Lipinski definition) is 1. The maximum atomic E-state index is 11.1. The van der Waals surface area contributed by atoms with Gasteiger partial charge in [0.15, 0.2) is 0 Å². The number of aliphatic hydroxyl groups excluding tert-OH is 1. The smallest absolute Gasteiger partial charge is 0.248 e. The predicted octanol–water partition coefficient (Wildman–Crippen LogP) is -0.927. The SMILES string of the molecule is CN(C)CC(O)CN1OCCC1=O. The summed E-state index contributed by atoms with van der Waals surface area (Å²) in [5.41, 5.74) is 0. The molecule has 0 radical (unpaired) electrons. The molecule has 1 atom stereocenters. The first-order chi connectivity index (χ1) is 6.09. The van der Waals surface area contributed by atoms with Crippen molar-refractivity contribution in [2.45, 2.75) is 12.5 Å². The van der Waals surface area contributed by atoms with Crippen LogP contribution >= 0.6 is 0 Å². The second-order valence-electron chi connectivity index (χ2n) is 3.45. The van der Waals surface area contributed by atoms with E-state index in [0.29, 0.717) is 19.6 Å². The molecule has 0 aromatic heterocycles. The number of rotatable bonds is 4. The van der Waals surface area contributed by atoms with Crippen molar-refractivity contribution >= 4 is 5.91 Å². The molecule has 1 aliphatic rings. The molecule has 1 heterocycles. The van der Waals surface area contributed by atoms with Crippen LogP contribution in [-0.2, 0) is 9.63 Å². The highest BCUT2D eigenvalue weighted by atomic mass is 16.7. The highest BCUT2D eigenvalue weighted by Gasteiger charge is 2.23. The van der Waals surface area contributed by atoms with Gasteiger partial charge < -0.3 is 10.0 Å². The van der Waals surface area contributed by atoms with E-state index in [9.17, 15) is 9.90 Å². The van der Waals surface area contributed by atoms with Gasteiger partial charge in [-0.15, -0.1) is 0 Å². The van der Waals surface area contributed by atoms with Crippen molar-refractivity contribution in [1.29, 1.82) is 0 Å². The quantitative estimate of drug-likeness (QED) is 0.619. The standard InChI is InChI=1S/C8H16N2O3/c1-9(2)5-7(11)6-10-8(12)3-4-13-10/h7,11H,3-6H2,1-2H3. The van der Waals surface area contributed by atoms with Gasteiger partial charge in [-0.05, 0) is 14.1 Å². The lowest BCUT2D eigenvalue weighted by atomic mass is 10.3. The predicted molar refractivity (Wildman–Crippen MR) is 46.8 cm³/mol. The second-order valence-corrected chi connectivity index (χ2v) is 3.45. The first-order valence-corrected chi connectivity index (χ1v) is 4.35. The minimum Gasteiger partial charge on any atom is -0.390 e. The van der Waals surface area contributed by atoms with E-state index >= 15 is 0 Å². The highest BCUT2D eigenvalue weighted by Crippen LogP contribution is 2.07. The van der Waals surface area contributed by atoms with Crippen molar-refractivity contribution in [2.24, 2.45) is 0 Å². The van der Waals surface area contributed by atoms with E-state index in [0.717, 1.165) is 0 Å². The molecule has 0 spiro atoms. The monoisotopic (exact) mass is 188 g/mol. The Labute approximate surface area is 77.8 Å². The first kappa shape index (κ1) is 10.4. The summed E-state index contributed by atoms with van der Waals surface area (Å²) in [4.78, 5) is 18.0. The van der Waals surface area contributed by atoms with Crippen molar-refractivity contribution < 1.29 is 14.7 Å². The average molecular weight is 188 g/mol. The van der Waals surface area contributed by atoms with Crippen LogP contribution < -0.4 is 0 Å². The van der Waals surface area contributed by atoms with E-state index in [2.05, 4.69) is 0 Å². The maximum absolute atomic E-state index is 11.1. The maximum Gasteiger partial charge on any atom is 0.248 e. The molecule has 5 nitrogen and oxygen atoms in total. The molecule has 0 saturated carbocycles. The van der Waals surface area contributed by atoms with Crippen molar-refractivity contribution in [2.75, 3.05) is 33.8 Å². The zero-order chi connectivity index (χ0) is 9.84. The van der Waals surface area contributed by atoms with Crippen molar-refractivity contribution in [3.05, 3.63) is 0 Å². The molecular formula is C8H16N2O3. The van der Waals surface area contributed by atoms with Crippen LogP contribution in [0.2, 0.25) is 0 Å². The second kappa shape index (κ2) is 4.55. The van der Waals surface area contributed by atoms with Crippen LogP contribution in [0.15, 0.2) is 0 Å². The Kier molecular flexibility index (Phi) is 3.65. The Morgan fingerprint density at radius 1 is 1.69 bits per heavy atom. The summed E-state index contributed by atoms with van der Waals surface area (Å²) in [6.45, 7) is 1.23. The third-order valence-electron chi connectivity index (χ3n) is 1.79. The zero-order valence-electron chi connectivity index (χ0n) is 8.06. The molecule has 1 rings (SSSR count). The van der Waals surface area contributed by atoms with Gasteiger partial charge in [-0.1, -0.05) is 0 Å². The topological polar surface area (TPSA) is 53.0 Å². The number of β-amino-alcohol motifs (C(OH)–C–C–N with tert-alkyl or cyclic N) is 1. The fraction of sp³-hybridized carbons (Fsp3) is 0.875. The molecule has 0 aliphatic carbocycles. The van der Waals surface area contributed by atoms with Gasteiger partial charge in [0.2, 0.25) is 5.91 Å². The number of carbonyl (C=O) groups is 1. The summed E-state index contributed by atoms with van der Waals surface area (Å²) in [6.07, 6.45) is -0.119. The van der Waals surface area contributed by atoms with Crippen LogP contribution in [0.1, 0.15) is 6.42 Å². The zero-order valence-corrected chi connectivity index (χ0v) is 8.06. The number of carbonyl (C=O) groups excluding carboxylic acids is 1. The van der Waals surface area contributed by atoms with Crippen LogP contribution in [0.4, 0.5) is 0 Å². The number of hydroxylamine groups is 2. The fourth-order valence-corrected chi connectivity index (χ4v) is 1.27.